The Balaban J connectivity index is 2.74. The highest BCUT2D eigenvalue weighted by Gasteiger charge is 2.33. The number of hydrogen-bond donors (Lipinski definition) is 1. The largest absolute Gasteiger partial charge is 0.465 e. The fourth-order valence-electron chi connectivity index (χ4n) is 1.51. The molecule has 1 atom stereocenters. The van der Waals surface area contributed by atoms with E-state index >= 15 is 0 Å². The molecule has 0 radical (unpaired) electrons. The second kappa shape index (κ2) is 6.55. The SMILES string of the molecule is CCNC(Cn1ccc(C(F)(F)F)n1)C(=O)OCC. The van der Waals surface area contributed by atoms with Crippen molar-refractivity contribution >= 4 is 5.97 Å². The second-order valence-corrected chi connectivity index (χ2v) is 3.78. The Labute approximate surface area is 108 Å². The fourth-order valence-corrected chi connectivity index (χ4v) is 1.51. The molecule has 1 N–H and O–H groups in total. The van der Waals surface area contributed by atoms with Gasteiger partial charge in [0.2, 0.25) is 0 Å². The number of carbonyl (C=O) groups excluding carboxylic acids is 1. The standard InChI is InChI=1S/C11H16F3N3O2/c1-3-15-8(10(18)19-4-2)7-17-6-5-9(16-17)11(12,13)14/h5-6,8,15H,3-4,7H2,1-2H3. The lowest BCUT2D eigenvalue weighted by Gasteiger charge is -2.16. The van der Waals surface area contributed by atoms with Crippen molar-refractivity contribution < 1.29 is 22.7 Å². The van der Waals surface area contributed by atoms with Gasteiger partial charge >= 0.3 is 12.1 Å². The molecule has 0 spiro atoms. The van der Waals surface area contributed by atoms with Gasteiger partial charge in [-0.2, -0.15) is 18.3 Å². The molecule has 0 fully saturated rings. The van der Waals surface area contributed by atoms with Crippen molar-refractivity contribution in [2.45, 2.75) is 32.6 Å². The number of halogens is 3. The number of alkyl halides is 3. The van der Waals surface area contributed by atoms with Crippen LogP contribution in [0.3, 0.4) is 0 Å². The van der Waals surface area contributed by atoms with Gasteiger partial charge in [-0.3, -0.25) is 9.48 Å². The van der Waals surface area contributed by atoms with Gasteiger partial charge in [-0.25, -0.2) is 0 Å². The number of likely N-dealkylation sites (N-methyl/N-ethyl adjacent to an activating group) is 1. The van der Waals surface area contributed by atoms with E-state index in [-0.39, 0.29) is 13.2 Å². The molecule has 108 valence electrons. The maximum absolute atomic E-state index is 12.4. The van der Waals surface area contributed by atoms with Crippen LogP contribution in [0.1, 0.15) is 19.5 Å². The van der Waals surface area contributed by atoms with Gasteiger partial charge in [0.1, 0.15) is 6.04 Å². The molecule has 0 saturated heterocycles. The molecule has 0 aromatic carbocycles. The lowest BCUT2D eigenvalue weighted by molar-refractivity contribution is -0.146. The minimum absolute atomic E-state index is 0.0112. The van der Waals surface area contributed by atoms with Crippen molar-refractivity contribution in [3.05, 3.63) is 18.0 Å². The summed E-state index contributed by atoms with van der Waals surface area (Å²) in [4.78, 5) is 11.6. The lowest BCUT2D eigenvalue weighted by atomic mass is 10.3. The Morgan fingerprint density at radius 2 is 2.21 bits per heavy atom. The zero-order valence-electron chi connectivity index (χ0n) is 10.7. The Bertz CT molecular complexity index is 418. The van der Waals surface area contributed by atoms with Crippen LogP contribution in [-0.4, -0.2) is 34.9 Å². The van der Waals surface area contributed by atoms with Gasteiger partial charge in [-0.1, -0.05) is 6.92 Å². The van der Waals surface area contributed by atoms with Gasteiger partial charge in [-0.15, -0.1) is 0 Å². The Kier molecular flexibility index (Phi) is 5.34. The molecule has 19 heavy (non-hydrogen) atoms. The van der Waals surface area contributed by atoms with Crippen LogP contribution in [0.25, 0.3) is 0 Å². The number of esters is 1. The summed E-state index contributed by atoms with van der Waals surface area (Å²) in [6.45, 7) is 4.15. The molecule has 1 aromatic rings. The Morgan fingerprint density at radius 1 is 1.53 bits per heavy atom. The summed E-state index contributed by atoms with van der Waals surface area (Å²) in [6.07, 6.45) is -3.30. The highest BCUT2D eigenvalue weighted by atomic mass is 19.4. The molecular weight excluding hydrogens is 263 g/mol. The molecule has 0 aliphatic heterocycles. The first-order chi connectivity index (χ1) is 8.88. The van der Waals surface area contributed by atoms with E-state index in [1.54, 1.807) is 13.8 Å². The third-order valence-electron chi connectivity index (χ3n) is 2.32. The topological polar surface area (TPSA) is 56.2 Å². The normalized spacial score (nSPS) is 13.3. The van der Waals surface area contributed by atoms with Crippen LogP contribution in [0.2, 0.25) is 0 Å². The van der Waals surface area contributed by atoms with Crippen molar-refractivity contribution in [1.29, 1.82) is 0 Å². The fraction of sp³-hybridized carbons (Fsp3) is 0.636. The summed E-state index contributed by atoms with van der Waals surface area (Å²) in [5.41, 5.74) is -0.980. The van der Waals surface area contributed by atoms with Gasteiger partial charge < -0.3 is 10.1 Å². The minimum atomic E-state index is -4.48. The van der Waals surface area contributed by atoms with Crippen LogP contribution in [0.4, 0.5) is 13.2 Å². The van der Waals surface area contributed by atoms with Crippen LogP contribution >= 0.6 is 0 Å². The molecule has 0 amide bonds. The first kappa shape index (κ1) is 15.5. The van der Waals surface area contributed by atoms with E-state index in [1.165, 1.54) is 6.20 Å². The molecule has 0 aliphatic rings. The molecule has 0 saturated carbocycles. The number of aromatic nitrogens is 2. The number of hydrogen-bond acceptors (Lipinski definition) is 4. The average molecular weight is 279 g/mol. The van der Waals surface area contributed by atoms with Crippen LogP contribution in [0, 0.1) is 0 Å². The van der Waals surface area contributed by atoms with E-state index in [0.29, 0.717) is 6.54 Å². The quantitative estimate of drug-likeness (QED) is 0.801. The molecule has 8 heteroatoms. The predicted molar refractivity (Wildman–Crippen MR) is 61.3 cm³/mol. The van der Waals surface area contributed by atoms with Gasteiger partial charge in [0.15, 0.2) is 5.69 Å². The summed E-state index contributed by atoms with van der Waals surface area (Å²) in [5.74, 6) is -0.506. The van der Waals surface area contributed by atoms with E-state index in [0.717, 1.165) is 10.7 Å². The summed E-state index contributed by atoms with van der Waals surface area (Å²) in [6, 6.07) is 0.152. The number of rotatable bonds is 6. The number of nitrogens with one attached hydrogen (secondary N) is 1. The van der Waals surface area contributed by atoms with Crippen LogP contribution in [-0.2, 0) is 22.3 Å². The van der Waals surface area contributed by atoms with E-state index in [2.05, 4.69) is 10.4 Å². The molecule has 1 heterocycles. The number of nitrogens with zero attached hydrogens (tertiary/aromatic N) is 2. The monoisotopic (exact) mass is 279 g/mol. The van der Waals surface area contributed by atoms with E-state index in [9.17, 15) is 18.0 Å². The Hall–Kier alpha value is -1.57. The van der Waals surface area contributed by atoms with Crippen LogP contribution in [0.5, 0.6) is 0 Å². The van der Waals surface area contributed by atoms with Crippen molar-refractivity contribution in [3.8, 4) is 0 Å². The Morgan fingerprint density at radius 3 is 2.68 bits per heavy atom. The summed E-state index contributed by atoms with van der Waals surface area (Å²) >= 11 is 0. The molecule has 5 nitrogen and oxygen atoms in total. The smallest absolute Gasteiger partial charge is 0.435 e. The zero-order valence-corrected chi connectivity index (χ0v) is 10.7. The van der Waals surface area contributed by atoms with Gasteiger partial charge in [0.25, 0.3) is 0 Å². The first-order valence-corrected chi connectivity index (χ1v) is 5.89. The van der Waals surface area contributed by atoms with E-state index < -0.39 is 23.9 Å². The number of carbonyl (C=O) groups is 1. The lowest BCUT2D eigenvalue weighted by Crippen LogP contribution is -2.41. The molecular formula is C11H16F3N3O2. The summed E-state index contributed by atoms with van der Waals surface area (Å²) < 4.78 is 43.1. The molecule has 1 rings (SSSR count). The van der Waals surface area contributed by atoms with Crippen molar-refractivity contribution in [2.75, 3.05) is 13.2 Å². The zero-order chi connectivity index (χ0) is 14.5. The summed E-state index contributed by atoms with van der Waals surface area (Å²) in [5, 5.41) is 6.24. The molecule has 0 aliphatic carbocycles. The molecule has 1 unspecified atom stereocenters. The second-order valence-electron chi connectivity index (χ2n) is 3.78. The van der Waals surface area contributed by atoms with Crippen molar-refractivity contribution in [2.24, 2.45) is 0 Å². The van der Waals surface area contributed by atoms with Gasteiger partial charge in [-0.05, 0) is 19.5 Å². The maximum atomic E-state index is 12.4. The van der Waals surface area contributed by atoms with Gasteiger partial charge in [0.05, 0.1) is 13.2 Å². The van der Waals surface area contributed by atoms with Crippen molar-refractivity contribution in [3.63, 3.8) is 0 Å². The average Bonchev–Trinajstić information content (AvgIpc) is 2.77. The van der Waals surface area contributed by atoms with E-state index in [1.807, 2.05) is 0 Å². The van der Waals surface area contributed by atoms with Crippen LogP contribution < -0.4 is 5.32 Å². The summed E-state index contributed by atoms with van der Waals surface area (Å²) in [7, 11) is 0. The molecule has 0 bridgehead atoms. The van der Waals surface area contributed by atoms with Crippen LogP contribution in [0.15, 0.2) is 12.3 Å². The molecule has 1 aromatic heterocycles. The van der Waals surface area contributed by atoms with E-state index in [4.69, 9.17) is 4.74 Å². The third-order valence-corrected chi connectivity index (χ3v) is 2.32. The minimum Gasteiger partial charge on any atom is -0.465 e. The third kappa shape index (κ3) is 4.55. The maximum Gasteiger partial charge on any atom is 0.435 e. The first-order valence-electron chi connectivity index (χ1n) is 5.89. The highest BCUT2D eigenvalue weighted by Crippen LogP contribution is 2.27. The number of ether oxygens (including phenoxy) is 1. The predicted octanol–water partition coefficient (Wildman–Crippen LogP) is 1.44. The van der Waals surface area contributed by atoms with Crippen molar-refractivity contribution in [1.82, 2.24) is 15.1 Å². The highest BCUT2D eigenvalue weighted by molar-refractivity contribution is 5.75. The van der Waals surface area contributed by atoms with Gasteiger partial charge in [0, 0.05) is 6.20 Å².